The number of ether oxygens (including phenoxy) is 1. The molecule has 16 heavy (non-hydrogen) atoms. The summed E-state index contributed by atoms with van der Waals surface area (Å²) in [5.41, 5.74) is 5.54. The molecule has 0 aliphatic heterocycles. The molecule has 1 amide bonds. The molecule has 0 saturated heterocycles. The van der Waals surface area contributed by atoms with Crippen molar-refractivity contribution < 1.29 is 9.53 Å². The highest BCUT2D eigenvalue weighted by molar-refractivity contribution is 5.78. The molecule has 0 radical (unpaired) electrons. The number of hydrogen-bond donors (Lipinski definition) is 2. The van der Waals surface area contributed by atoms with Crippen molar-refractivity contribution in [3.05, 3.63) is 0 Å². The van der Waals surface area contributed by atoms with Gasteiger partial charge in [0.25, 0.3) is 0 Å². The molecule has 0 aliphatic carbocycles. The summed E-state index contributed by atoms with van der Waals surface area (Å²) in [5.74, 6) is 0.0143. The maximum absolute atomic E-state index is 11.6. The minimum Gasteiger partial charge on any atom is -0.383 e. The Balaban J connectivity index is 4.07. The van der Waals surface area contributed by atoms with Crippen molar-refractivity contribution >= 4 is 5.91 Å². The van der Waals surface area contributed by atoms with Crippen LogP contribution in [0.25, 0.3) is 0 Å². The lowest BCUT2D eigenvalue weighted by Crippen LogP contribution is -2.52. The van der Waals surface area contributed by atoms with E-state index in [4.69, 9.17) is 10.5 Å². The molecule has 3 N–H and O–H groups in total. The lowest BCUT2D eigenvalue weighted by molar-refractivity contribution is -0.123. The minimum absolute atomic E-state index is 0.0143. The molecule has 0 unspecified atom stereocenters. The van der Waals surface area contributed by atoms with Gasteiger partial charge < -0.3 is 15.8 Å². The molecule has 0 aliphatic rings. The van der Waals surface area contributed by atoms with Gasteiger partial charge in [0.15, 0.2) is 0 Å². The van der Waals surface area contributed by atoms with Crippen LogP contribution in [0.4, 0.5) is 0 Å². The van der Waals surface area contributed by atoms with Crippen molar-refractivity contribution in [2.45, 2.75) is 26.3 Å². The molecular weight excluding hydrogens is 206 g/mol. The Morgan fingerprint density at radius 2 is 2.12 bits per heavy atom. The first-order valence-electron chi connectivity index (χ1n) is 5.68. The highest BCUT2D eigenvalue weighted by Gasteiger charge is 2.25. The molecule has 0 aromatic heterocycles. The van der Waals surface area contributed by atoms with Gasteiger partial charge in [0, 0.05) is 25.7 Å². The predicted octanol–water partition coefficient (Wildman–Crippen LogP) is -0.192. The molecule has 0 aromatic rings. The average Bonchev–Trinajstić information content (AvgIpc) is 2.26. The van der Waals surface area contributed by atoms with Crippen molar-refractivity contribution in [2.75, 3.05) is 39.9 Å². The number of hydrogen-bond acceptors (Lipinski definition) is 4. The normalized spacial score (nSPS) is 11.9. The van der Waals surface area contributed by atoms with Gasteiger partial charge in [0.05, 0.1) is 13.2 Å². The lowest BCUT2D eigenvalue weighted by Gasteiger charge is -2.36. The van der Waals surface area contributed by atoms with Crippen LogP contribution in [0.15, 0.2) is 0 Å². The van der Waals surface area contributed by atoms with Gasteiger partial charge in [0.1, 0.15) is 0 Å². The van der Waals surface area contributed by atoms with Crippen LogP contribution < -0.4 is 11.1 Å². The summed E-state index contributed by atoms with van der Waals surface area (Å²) >= 11 is 0. The topological polar surface area (TPSA) is 67.6 Å². The van der Waals surface area contributed by atoms with Crippen LogP contribution in [0.2, 0.25) is 0 Å². The van der Waals surface area contributed by atoms with Gasteiger partial charge >= 0.3 is 0 Å². The Kier molecular flexibility index (Phi) is 7.29. The Hall–Kier alpha value is -0.650. The van der Waals surface area contributed by atoms with Gasteiger partial charge in [-0.2, -0.15) is 0 Å². The summed E-state index contributed by atoms with van der Waals surface area (Å²) in [5, 5.41) is 2.80. The first kappa shape index (κ1) is 15.3. The first-order chi connectivity index (χ1) is 7.47. The largest absolute Gasteiger partial charge is 0.383 e. The van der Waals surface area contributed by atoms with Gasteiger partial charge in [-0.3, -0.25) is 9.69 Å². The molecule has 5 nitrogen and oxygen atoms in total. The standard InChI is InChI=1S/C11H25N3O2/c1-5-14(11(2,3)9-12)8-10(15)13-6-7-16-4/h5-9,12H2,1-4H3,(H,13,15). The highest BCUT2D eigenvalue weighted by atomic mass is 16.5. The van der Waals surface area contributed by atoms with Crippen molar-refractivity contribution in [3.63, 3.8) is 0 Å². The molecule has 0 aromatic carbocycles. The molecule has 0 spiro atoms. The van der Waals surface area contributed by atoms with E-state index >= 15 is 0 Å². The van der Waals surface area contributed by atoms with E-state index in [1.807, 2.05) is 20.8 Å². The quantitative estimate of drug-likeness (QED) is 0.568. The molecule has 0 rings (SSSR count). The summed E-state index contributed by atoms with van der Waals surface area (Å²) < 4.78 is 4.86. The van der Waals surface area contributed by atoms with E-state index in [1.54, 1.807) is 7.11 Å². The summed E-state index contributed by atoms with van der Waals surface area (Å²) in [6.07, 6.45) is 0. The van der Waals surface area contributed by atoms with Crippen molar-refractivity contribution in [3.8, 4) is 0 Å². The van der Waals surface area contributed by atoms with E-state index in [0.29, 0.717) is 26.2 Å². The Bertz CT molecular complexity index is 207. The number of methoxy groups -OCH3 is 1. The molecular formula is C11H25N3O2. The second-order valence-electron chi connectivity index (χ2n) is 4.37. The monoisotopic (exact) mass is 231 g/mol. The number of nitrogens with one attached hydrogen (secondary N) is 1. The maximum Gasteiger partial charge on any atom is 0.234 e. The van der Waals surface area contributed by atoms with Crippen LogP contribution in [-0.4, -0.2) is 56.2 Å². The van der Waals surface area contributed by atoms with Gasteiger partial charge in [0.2, 0.25) is 5.91 Å². The maximum atomic E-state index is 11.6. The van der Waals surface area contributed by atoms with E-state index in [0.717, 1.165) is 6.54 Å². The van der Waals surface area contributed by atoms with E-state index in [1.165, 1.54) is 0 Å². The van der Waals surface area contributed by atoms with E-state index in [-0.39, 0.29) is 11.4 Å². The van der Waals surface area contributed by atoms with Crippen molar-refractivity contribution in [2.24, 2.45) is 5.73 Å². The molecule has 0 fully saturated rings. The van der Waals surface area contributed by atoms with Crippen molar-refractivity contribution in [1.29, 1.82) is 0 Å². The molecule has 0 atom stereocenters. The zero-order valence-electron chi connectivity index (χ0n) is 10.9. The number of carbonyl (C=O) groups excluding carboxylic acids is 1. The fourth-order valence-electron chi connectivity index (χ4n) is 1.40. The third-order valence-corrected chi connectivity index (χ3v) is 2.70. The molecule has 5 heteroatoms. The van der Waals surface area contributed by atoms with Crippen LogP contribution in [0.1, 0.15) is 20.8 Å². The molecule has 96 valence electrons. The summed E-state index contributed by atoms with van der Waals surface area (Å²) in [7, 11) is 1.61. The van der Waals surface area contributed by atoms with Gasteiger partial charge in [-0.25, -0.2) is 0 Å². The number of likely N-dealkylation sites (N-methyl/N-ethyl adjacent to an activating group) is 1. The van der Waals surface area contributed by atoms with Crippen LogP contribution >= 0.6 is 0 Å². The average molecular weight is 231 g/mol. The van der Waals surface area contributed by atoms with Crippen LogP contribution in [-0.2, 0) is 9.53 Å². The zero-order valence-corrected chi connectivity index (χ0v) is 10.9. The number of amides is 1. The van der Waals surface area contributed by atoms with E-state index in [2.05, 4.69) is 10.2 Å². The molecule has 0 bridgehead atoms. The number of carbonyl (C=O) groups is 1. The van der Waals surface area contributed by atoms with E-state index < -0.39 is 0 Å². The smallest absolute Gasteiger partial charge is 0.234 e. The SMILES string of the molecule is CCN(CC(=O)NCCOC)C(C)(C)CN. The summed E-state index contributed by atoms with van der Waals surface area (Å²) in [6.45, 7) is 8.92. The summed E-state index contributed by atoms with van der Waals surface area (Å²) in [4.78, 5) is 13.7. The number of nitrogens with two attached hydrogens (primary N) is 1. The van der Waals surface area contributed by atoms with Crippen LogP contribution in [0.5, 0.6) is 0 Å². The fourth-order valence-corrected chi connectivity index (χ4v) is 1.40. The second kappa shape index (κ2) is 7.60. The third-order valence-electron chi connectivity index (χ3n) is 2.70. The summed E-state index contributed by atoms with van der Waals surface area (Å²) in [6, 6.07) is 0. The van der Waals surface area contributed by atoms with Gasteiger partial charge in [-0.15, -0.1) is 0 Å². The van der Waals surface area contributed by atoms with E-state index in [9.17, 15) is 4.79 Å². The zero-order chi connectivity index (χ0) is 12.6. The Labute approximate surface area is 98.3 Å². The first-order valence-corrected chi connectivity index (χ1v) is 5.68. The van der Waals surface area contributed by atoms with Crippen LogP contribution in [0, 0.1) is 0 Å². The second-order valence-corrected chi connectivity index (χ2v) is 4.37. The third kappa shape index (κ3) is 5.44. The van der Waals surface area contributed by atoms with Crippen LogP contribution in [0.3, 0.4) is 0 Å². The number of rotatable bonds is 8. The van der Waals surface area contributed by atoms with Gasteiger partial charge in [-0.05, 0) is 20.4 Å². The number of nitrogens with zero attached hydrogens (tertiary/aromatic N) is 1. The predicted molar refractivity (Wildman–Crippen MR) is 65.3 cm³/mol. The van der Waals surface area contributed by atoms with Crippen molar-refractivity contribution in [1.82, 2.24) is 10.2 Å². The highest BCUT2D eigenvalue weighted by Crippen LogP contribution is 2.11. The Morgan fingerprint density at radius 3 is 2.56 bits per heavy atom. The lowest BCUT2D eigenvalue weighted by atomic mass is 10.0. The molecule has 0 heterocycles. The minimum atomic E-state index is -0.145. The molecule has 0 saturated carbocycles. The Morgan fingerprint density at radius 1 is 1.50 bits per heavy atom. The fraction of sp³-hybridized carbons (Fsp3) is 0.909. The van der Waals surface area contributed by atoms with Gasteiger partial charge in [-0.1, -0.05) is 6.92 Å².